The minimum Gasteiger partial charge on any atom is -0.506 e. The van der Waals surface area contributed by atoms with E-state index in [0.29, 0.717) is 39.8 Å². The maximum Gasteiger partial charge on any atom is 0.255 e. The van der Waals surface area contributed by atoms with Crippen LogP contribution in [0.15, 0.2) is 42.5 Å². The fourth-order valence-electron chi connectivity index (χ4n) is 4.34. The van der Waals surface area contributed by atoms with Gasteiger partial charge >= 0.3 is 0 Å². The number of carbonyl (C=O) groups excluding carboxylic acids is 1. The van der Waals surface area contributed by atoms with Gasteiger partial charge in [-0.3, -0.25) is 4.79 Å². The minimum absolute atomic E-state index is 0. The van der Waals surface area contributed by atoms with Crippen molar-refractivity contribution in [2.45, 2.75) is 32.1 Å². The Morgan fingerprint density at radius 3 is 1.85 bits per heavy atom. The van der Waals surface area contributed by atoms with Gasteiger partial charge in [0.25, 0.3) is 5.91 Å². The molecule has 0 saturated carbocycles. The van der Waals surface area contributed by atoms with Gasteiger partial charge in [0.05, 0.1) is 5.69 Å². The summed E-state index contributed by atoms with van der Waals surface area (Å²) in [5, 5.41) is 17.0. The zero-order valence-electron chi connectivity index (χ0n) is 22.6. The average Bonchev–Trinajstić information content (AvgIpc) is 3.42. The average molecular weight is 607 g/mol. The van der Waals surface area contributed by atoms with E-state index in [4.69, 9.17) is 16.6 Å². The summed E-state index contributed by atoms with van der Waals surface area (Å²) in [6.45, 7) is 3.74. The van der Waals surface area contributed by atoms with E-state index in [0.717, 1.165) is 51.9 Å². The lowest BCUT2D eigenvalue weighted by atomic mass is 10.1. The Hall–Kier alpha value is -3.46. The smallest absolute Gasteiger partial charge is 0.255 e. The second-order valence-electron chi connectivity index (χ2n) is 8.82. The van der Waals surface area contributed by atoms with Crippen molar-refractivity contribution >= 4 is 59.1 Å². The van der Waals surface area contributed by atoms with Gasteiger partial charge in [0.15, 0.2) is 0 Å². The number of nitrogens with zero attached hydrogens (tertiary/aromatic N) is 5. The number of nitrogens with one attached hydrogen (secondary N) is 2. The molecule has 0 unspecified atom stereocenters. The minimum atomic E-state index is -0.337. The van der Waals surface area contributed by atoms with Gasteiger partial charge in [-0.05, 0) is 68.5 Å². The number of carbonyl (C=O) groups is 1. The van der Waals surface area contributed by atoms with Crippen LogP contribution in [0.1, 0.15) is 48.2 Å². The van der Waals surface area contributed by atoms with Crippen molar-refractivity contribution < 1.29 is 15.6 Å². The lowest BCUT2D eigenvalue weighted by Gasteiger charge is -2.27. The van der Waals surface area contributed by atoms with Crippen molar-refractivity contribution in [2.24, 2.45) is 0 Å². The zero-order chi connectivity index (χ0) is 24.2. The summed E-state index contributed by atoms with van der Waals surface area (Å²) in [5.41, 5.74) is 1.36. The first-order chi connectivity index (χ1) is 17.0. The van der Waals surface area contributed by atoms with Crippen LogP contribution < -0.4 is 45.0 Å². The standard InChI is InChI=1S/C25H28ClN7O2.ClH.4H3N.4H2/c26-18-8-6-17(7-9-18)22(35)28-20-11-10-19(16-21(20)34)27-23-29-24(32-12-2-1-3-13-32)31-25(30-23)33-14-4-5-15-33;;;;;;;;;/h6-11,16,34H,1-5,12-15H2,(H,28,35)(H,27,29,30,31);1H;4*1H3;4*1H. The summed E-state index contributed by atoms with van der Waals surface area (Å²) in [4.78, 5) is 31.0. The van der Waals surface area contributed by atoms with Crippen molar-refractivity contribution in [3.05, 3.63) is 53.1 Å². The summed E-state index contributed by atoms with van der Waals surface area (Å²) in [7, 11) is 0. The molecule has 3 heterocycles. The molecular weight excluding hydrogens is 557 g/mol. The lowest BCUT2D eigenvalue weighted by molar-refractivity contribution is 0.102. The van der Waals surface area contributed by atoms with Crippen molar-refractivity contribution in [3.63, 3.8) is 0 Å². The van der Waals surface area contributed by atoms with E-state index >= 15 is 0 Å². The van der Waals surface area contributed by atoms with Crippen LogP contribution in [0.25, 0.3) is 0 Å². The highest BCUT2D eigenvalue weighted by atomic mass is 35.5. The van der Waals surface area contributed by atoms with Crippen molar-refractivity contribution in [3.8, 4) is 5.75 Å². The van der Waals surface area contributed by atoms with Crippen LogP contribution in [-0.2, 0) is 0 Å². The third kappa shape index (κ3) is 8.78. The van der Waals surface area contributed by atoms with Gasteiger partial charge in [-0.25, -0.2) is 0 Å². The Kier molecular flexibility index (Phi) is 15.2. The molecule has 15 N–H and O–H groups in total. The predicted molar refractivity (Wildman–Crippen MR) is 174 cm³/mol. The van der Waals surface area contributed by atoms with Crippen molar-refractivity contribution in [1.29, 1.82) is 0 Å². The monoisotopic (exact) mass is 605 g/mol. The Labute approximate surface area is 251 Å². The molecule has 3 aromatic rings. The summed E-state index contributed by atoms with van der Waals surface area (Å²) in [6.07, 6.45) is 5.75. The third-order valence-corrected chi connectivity index (χ3v) is 6.50. The largest absolute Gasteiger partial charge is 0.506 e. The zero-order valence-corrected chi connectivity index (χ0v) is 24.2. The molecule has 0 bridgehead atoms. The molecule has 2 fully saturated rings. The quantitative estimate of drug-likeness (QED) is 0.142. The molecule has 0 radical (unpaired) electrons. The summed E-state index contributed by atoms with van der Waals surface area (Å²) < 4.78 is 0. The second-order valence-corrected chi connectivity index (χ2v) is 9.26. The molecule has 0 aliphatic carbocycles. The van der Waals surface area contributed by atoms with Gasteiger partial charge in [0.1, 0.15) is 5.75 Å². The van der Waals surface area contributed by atoms with Gasteiger partial charge in [-0.1, -0.05) is 11.6 Å². The lowest BCUT2D eigenvalue weighted by Crippen LogP contribution is -2.32. The topological polar surface area (TPSA) is 247 Å². The molecule has 1 aromatic heterocycles. The van der Waals surface area contributed by atoms with Gasteiger partial charge in [0, 0.05) is 54.2 Å². The molecule has 40 heavy (non-hydrogen) atoms. The fourth-order valence-corrected chi connectivity index (χ4v) is 4.47. The number of aromatic hydroxyl groups is 1. The summed E-state index contributed by atoms with van der Waals surface area (Å²) >= 11 is 5.89. The van der Waals surface area contributed by atoms with Gasteiger partial charge in [-0.2, -0.15) is 15.0 Å². The van der Waals surface area contributed by atoms with Crippen LogP contribution in [0.3, 0.4) is 0 Å². The highest BCUT2D eigenvalue weighted by Crippen LogP contribution is 2.30. The molecule has 0 spiro atoms. The molecule has 2 aliphatic rings. The third-order valence-electron chi connectivity index (χ3n) is 6.25. The van der Waals surface area contributed by atoms with Gasteiger partial charge in [-0.15, -0.1) is 12.4 Å². The molecule has 1 amide bonds. The number of piperidine rings is 1. The van der Waals surface area contributed by atoms with E-state index in [-0.39, 0.29) is 54.4 Å². The first kappa shape index (κ1) is 36.5. The molecule has 15 heteroatoms. The molecule has 13 nitrogen and oxygen atoms in total. The predicted octanol–water partition coefficient (Wildman–Crippen LogP) is 6.87. The van der Waals surface area contributed by atoms with Gasteiger partial charge in [0.2, 0.25) is 17.8 Å². The van der Waals surface area contributed by atoms with Crippen LogP contribution in [0, 0.1) is 0 Å². The number of amides is 1. The van der Waals surface area contributed by atoms with Gasteiger partial charge < -0.3 is 50.1 Å². The van der Waals surface area contributed by atoms with E-state index in [1.54, 1.807) is 36.4 Å². The Morgan fingerprint density at radius 2 is 1.32 bits per heavy atom. The maximum absolute atomic E-state index is 12.5. The van der Waals surface area contributed by atoms with Crippen LogP contribution in [-0.4, -0.2) is 52.1 Å². The molecule has 5 rings (SSSR count). The summed E-state index contributed by atoms with van der Waals surface area (Å²) in [6, 6.07) is 11.5. The maximum atomic E-state index is 12.5. The Bertz CT molecular complexity index is 1230. The number of anilines is 5. The molecule has 2 aromatic carbocycles. The molecular formula is C25H49Cl2N11O2. The molecule has 230 valence electrons. The van der Waals surface area contributed by atoms with Crippen molar-refractivity contribution in [1.82, 2.24) is 39.6 Å². The van der Waals surface area contributed by atoms with E-state index < -0.39 is 0 Å². The van der Waals surface area contributed by atoms with Crippen LogP contribution in [0.5, 0.6) is 5.75 Å². The summed E-state index contributed by atoms with van der Waals surface area (Å²) in [5.74, 6) is 1.38. The van der Waals surface area contributed by atoms with E-state index in [1.165, 1.54) is 12.5 Å². The van der Waals surface area contributed by atoms with E-state index in [2.05, 4.69) is 30.4 Å². The number of rotatable bonds is 6. The normalized spacial score (nSPS) is 13.8. The number of halogens is 2. The number of hydrogen-bond acceptors (Lipinski definition) is 12. The van der Waals surface area contributed by atoms with Crippen LogP contribution >= 0.6 is 24.0 Å². The fraction of sp³-hybridized carbons (Fsp3) is 0.360. The number of phenols is 1. The highest BCUT2D eigenvalue weighted by molar-refractivity contribution is 6.30. The number of phenolic OH excluding ortho intramolecular Hbond substituents is 1. The first-order valence-electron chi connectivity index (χ1n) is 12.0. The van der Waals surface area contributed by atoms with Crippen LogP contribution in [0.2, 0.25) is 5.02 Å². The number of aromatic nitrogens is 3. The second kappa shape index (κ2) is 16.6. The molecule has 2 aliphatic heterocycles. The number of benzene rings is 2. The van der Waals surface area contributed by atoms with Crippen LogP contribution in [0.4, 0.5) is 29.2 Å². The van der Waals surface area contributed by atoms with Crippen molar-refractivity contribution in [2.75, 3.05) is 46.6 Å². The molecule has 2 saturated heterocycles. The highest BCUT2D eigenvalue weighted by Gasteiger charge is 2.21. The molecule has 0 atom stereocenters. The Morgan fingerprint density at radius 1 is 0.800 bits per heavy atom. The SMILES string of the molecule is Cl.N.N.N.N.O=C(Nc1ccc(Nc2nc(N3CCCCC3)nc(N3CCCC3)n2)cc1O)c1ccc(Cl)cc1.[HH].[HH].[HH].[HH]. The van der Waals surface area contributed by atoms with E-state index in [1.807, 2.05) is 0 Å². The Balaban J connectivity index is -0.000000563. The van der Waals surface area contributed by atoms with E-state index in [9.17, 15) is 9.90 Å². The first-order valence-corrected chi connectivity index (χ1v) is 12.4. The number of hydrogen-bond donors (Lipinski definition) is 7.